The van der Waals surface area contributed by atoms with E-state index in [1.165, 1.54) is 5.56 Å². The molecule has 0 amide bonds. The Bertz CT molecular complexity index is 415. The van der Waals surface area contributed by atoms with Gasteiger partial charge in [-0.2, -0.15) is 0 Å². The van der Waals surface area contributed by atoms with Crippen molar-refractivity contribution in [1.82, 2.24) is 0 Å². The van der Waals surface area contributed by atoms with Gasteiger partial charge in [-0.3, -0.25) is 0 Å². The zero-order valence-electron chi connectivity index (χ0n) is 11.6. The van der Waals surface area contributed by atoms with Crippen LogP contribution in [0.1, 0.15) is 46.6 Å². The lowest BCUT2D eigenvalue weighted by Gasteiger charge is -2.26. The Morgan fingerprint density at radius 3 is 2.59 bits per heavy atom. The van der Waals surface area contributed by atoms with Crippen molar-refractivity contribution in [2.45, 2.75) is 52.1 Å². The summed E-state index contributed by atoms with van der Waals surface area (Å²) in [5.41, 5.74) is 2.50. The number of benzene rings is 1. The number of hydrogen-bond donors (Lipinski definition) is 1. The second kappa shape index (κ2) is 3.94. The molecule has 0 spiro atoms. The highest BCUT2D eigenvalue weighted by atomic mass is 16.5. The van der Waals surface area contributed by atoms with Crippen molar-refractivity contribution >= 4 is 5.69 Å². The predicted octanol–water partition coefficient (Wildman–Crippen LogP) is 3.96. The monoisotopic (exact) mass is 233 g/mol. The van der Waals surface area contributed by atoms with E-state index in [2.05, 4.69) is 58.1 Å². The standard InChI is InChI=1S/C15H23NO/c1-14(2,3)11-6-7-12-13(10-11)17-15(4,5)8-9-16-12/h6-7,10,16H,8-9H2,1-5H3. The fourth-order valence-corrected chi connectivity index (χ4v) is 2.07. The molecule has 2 heteroatoms. The molecule has 1 aromatic carbocycles. The van der Waals surface area contributed by atoms with Crippen molar-refractivity contribution in [3.05, 3.63) is 23.8 Å². The van der Waals surface area contributed by atoms with Crippen LogP contribution in [-0.4, -0.2) is 12.1 Å². The summed E-state index contributed by atoms with van der Waals surface area (Å²) in [6.45, 7) is 11.9. The molecule has 0 fully saturated rings. The van der Waals surface area contributed by atoms with Gasteiger partial charge < -0.3 is 10.1 Å². The predicted molar refractivity (Wildman–Crippen MR) is 73.0 cm³/mol. The average Bonchev–Trinajstić information content (AvgIpc) is 2.31. The van der Waals surface area contributed by atoms with E-state index in [0.29, 0.717) is 0 Å². The number of hydrogen-bond acceptors (Lipinski definition) is 2. The highest BCUT2D eigenvalue weighted by molar-refractivity contribution is 5.59. The average molecular weight is 233 g/mol. The first-order chi connectivity index (χ1) is 7.78. The van der Waals surface area contributed by atoms with E-state index >= 15 is 0 Å². The second-order valence-corrected chi connectivity index (χ2v) is 6.50. The van der Waals surface area contributed by atoms with E-state index in [-0.39, 0.29) is 11.0 Å². The third kappa shape index (κ3) is 2.74. The topological polar surface area (TPSA) is 21.3 Å². The molecule has 0 bridgehead atoms. The maximum absolute atomic E-state index is 6.12. The van der Waals surface area contributed by atoms with Gasteiger partial charge in [-0.25, -0.2) is 0 Å². The van der Waals surface area contributed by atoms with Crippen LogP contribution in [0.15, 0.2) is 18.2 Å². The highest BCUT2D eigenvalue weighted by Crippen LogP contribution is 2.36. The Morgan fingerprint density at radius 1 is 1.24 bits per heavy atom. The molecule has 2 nitrogen and oxygen atoms in total. The summed E-state index contributed by atoms with van der Waals surface area (Å²) < 4.78 is 6.12. The van der Waals surface area contributed by atoms with Crippen LogP contribution in [0.2, 0.25) is 0 Å². The molecule has 1 aliphatic rings. The summed E-state index contributed by atoms with van der Waals surface area (Å²) in [6.07, 6.45) is 1.02. The molecular formula is C15H23NO. The first-order valence-electron chi connectivity index (χ1n) is 6.35. The molecule has 0 aliphatic carbocycles. The van der Waals surface area contributed by atoms with Gasteiger partial charge in [0.2, 0.25) is 0 Å². The molecule has 1 aromatic rings. The van der Waals surface area contributed by atoms with Gasteiger partial charge >= 0.3 is 0 Å². The van der Waals surface area contributed by atoms with Gasteiger partial charge in [-0.05, 0) is 37.0 Å². The van der Waals surface area contributed by atoms with Crippen LogP contribution in [-0.2, 0) is 5.41 Å². The van der Waals surface area contributed by atoms with E-state index in [1.54, 1.807) is 0 Å². The SMILES string of the molecule is CC1(C)CCNc2ccc(C(C)(C)C)cc2O1. The quantitative estimate of drug-likeness (QED) is 0.732. The molecule has 0 atom stereocenters. The second-order valence-electron chi connectivity index (χ2n) is 6.50. The minimum Gasteiger partial charge on any atom is -0.486 e. The van der Waals surface area contributed by atoms with Crippen LogP contribution in [0.5, 0.6) is 5.75 Å². The molecule has 1 heterocycles. The molecule has 0 radical (unpaired) electrons. The maximum atomic E-state index is 6.12. The van der Waals surface area contributed by atoms with Crippen molar-refractivity contribution in [2.75, 3.05) is 11.9 Å². The van der Waals surface area contributed by atoms with Crippen molar-refractivity contribution in [3.8, 4) is 5.75 Å². The van der Waals surface area contributed by atoms with Crippen molar-refractivity contribution in [2.24, 2.45) is 0 Å². The summed E-state index contributed by atoms with van der Waals surface area (Å²) in [7, 11) is 0. The Kier molecular flexibility index (Phi) is 2.84. The Morgan fingerprint density at radius 2 is 1.94 bits per heavy atom. The Labute approximate surface area is 104 Å². The Balaban J connectivity index is 2.40. The summed E-state index contributed by atoms with van der Waals surface area (Å²) in [5, 5.41) is 3.43. The maximum Gasteiger partial charge on any atom is 0.143 e. The molecule has 0 saturated heterocycles. The fraction of sp³-hybridized carbons (Fsp3) is 0.600. The molecular weight excluding hydrogens is 210 g/mol. The number of ether oxygens (including phenoxy) is 1. The lowest BCUT2D eigenvalue weighted by atomic mass is 9.87. The summed E-state index contributed by atoms with van der Waals surface area (Å²) in [6, 6.07) is 6.50. The number of rotatable bonds is 0. The number of fused-ring (bicyclic) bond motifs is 1. The molecule has 0 unspecified atom stereocenters. The molecule has 2 rings (SSSR count). The largest absolute Gasteiger partial charge is 0.486 e. The van der Waals surface area contributed by atoms with Gasteiger partial charge in [0.15, 0.2) is 0 Å². The lowest BCUT2D eigenvalue weighted by molar-refractivity contribution is 0.108. The summed E-state index contributed by atoms with van der Waals surface area (Å²) >= 11 is 0. The first kappa shape index (κ1) is 12.3. The minimum atomic E-state index is -0.0885. The third-order valence-electron chi connectivity index (χ3n) is 3.28. The molecule has 17 heavy (non-hydrogen) atoms. The van der Waals surface area contributed by atoms with E-state index in [9.17, 15) is 0 Å². The number of anilines is 1. The zero-order valence-corrected chi connectivity index (χ0v) is 11.6. The van der Waals surface area contributed by atoms with Crippen LogP contribution in [0.3, 0.4) is 0 Å². The molecule has 1 aliphatic heterocycles. The van der Waals surface area contributed by atoms with E-state index in [0.717, 1.165) is 24.4 Å². The lowest BCUT2D eigenvalue weighted by Crippen LogP contribution is -2.28. The number of nitrogens with one attached hydrogen (secondary N) is 1. The van der Waals surface area contributed by atoms with E-state index < -0.39 is 0 Å². The van der Waals surface area contributed by atoms with Crippen LogP contribution in [0.25, 0.3) is 0 Å². The fourth-order valence-electron chi connectivity index (χ4n) is 2.07. The first-order valence-corrected chi connectivity index (χ1v) is 6.35. The normalized spacial score (nSPS) is 18.6. The smallest absolute Gasteiger partial charge is 0.143 e. The highest BCUT2D eigenvalue weighted by Gasteiger charge is 2.25. The van der Waals surface area contributed by atoms with Gasteiger partial charge in [-0.15, -0.1) is 0 Å². The minimum absolute atomic E-state index is 0.0885. The van der Waals surface area contributed by atoms with Crippen molar-refractivity contribution < 1.29 is 4.74 Å². The van der Waals surface area contributed by atoms with Crippen molar-refractivity contribution in [3.63, 3.8) is 0 Å². The molecule has 94 valence electrons. The zero-order chi connectivity index (χ0) is 12.7. The van der Waals surface area contributed by atoms with Crippen LogP contribution in [0, 0.1) is 0 Å². The van der Waals surface area contributed by atoms with Gasteiger partial charge in [0.1, 0.15) is 11.4 Å². The van der Waals surface area contributed by atoms with Gasteiger partial charge in [0.05, 0.1) is 5.69 Å². The van der Waals surface area contributed by atoms with E-state index in [4.69, 9.17) is 4.74 Å². The molecule has 0 saturated carbocycles. The van der Waals surface area contributed by atoms with Crippen LogP contribution >= 0.6 is 0 Å². The van der Waals surface area contributed by atoms with Crippen LogP contribution < -0.4 is 10.1 Å². The Hall–Kier alpha value is -1.18. The summed E-state index contributed by atoms with van der Waals surface area (Å²) in [4.78, 5) is 0. The van der Waals surface area contributed by atoms with Gasteiger partial charge in [-0.1, -0.05) is 26.8 Å². The van der Waals surface area contributed by atoms with Crippen molar-refractivity contribution in [1.29, 1.82) is 0 Å². The van der Waals surface area contributed by atoms with Gasteiger partial charge in [0.25, 0.3) is 0 Å². The van der Waals surface area contributed by atoms with E-state index in [1.807, 2.05) is 0 Å². The van der Waals surface area contributed by atoms with Gasteiger partial charge in [0, 0.05) is 13.0 Å². The third-order valence-corrected chi connectivity index (χ3v) is 3.28. The molecule has 1 N–H and O–H groups in total. The molecule has 0 aromatic heterocycles. The summed E-state index contributed by atoms with van der Waals surface area (Å²) in [5.74, 6) is 0.986. The van der Waals surface area contributed by atoms with Crippen LogP contribution in [0.4, 0.5) is 5.69 Å².